The molecule has 2 aromatic carbocycles. The highest BCUT2D eigenvalue weighted by atomic mass is 16.5. The minimum absolute atomic E-state index is 0.613. The van der Waals surface area contributed by atoms with Gasteiger partial charge in [0.1, 0.15) is 11.5 Å². The van der Waals surface area contributed by atoms with Crippen molar-refractivity contribution < 1.29 is 4.74 Å². The molecular formula is C17H15N3O. The third-order valence-electron chi connectivity index (χ3n) is 2.96. The maximum absolute atomic E-state index is 5.85. The zero-order valence-corrected chi connectivity index (χ0v) is 11.4. The maximum Gasteiger partial charge on any atom is 0.127 e. The number of hydrogen-bond acceptors (Lipinski definition) is 4. The molecule has 0 bridgehead atoms. The van der Waals surface area contributed by atoms with Crippen LogP contribution in [0.1, 0.15) is 0 Å². The molecule has 0 amide bonds. The molecule has 0 aliphatic heterocycles. The van der Waals surface area contributed by atoms with Crippen LogP contribution in [-0.4, -0.2) is 4.98 Å². The van der Waals surface area contributed by atoms with E-state index in [1.807, 2.05) is 60.7 Å². The first-order valence-corrected chi connectivity index (χ1v) is 6.61. The summed E-state index contributed by atoms with van der Waals surface area (Å²) in [4.78, 5) is 3.96. The molecule has 0 aliphatic rings. The number of nitrogens with two attached hydrogens (primary N) is 1. The van der Waals surface area contributed by atoms with Gasteiger partial charge in [-0.15, -0.1) is 0 Å². The standard InChI is InChI=1S/C17H15N3O/c18-16-12-19-11-10-17(16)20-13-6-8-15(9-7-13)21-14-4-2-1-3-5-14/h1-12H,18H2,(H,19,20). The Morgan fingerprint density at radius 3 is 2.29 bits per heavy atom. The van der Waals surface area contributed by atoms with Crippen LogP contribution in [-0.2, 0) is 0 Å². The molecule has 1 aromatic heterocycles. The van der Waals surface area contributed by atoms with Crippen molar-refractivity contribution in [2.45, 2.75) is 0 Å². The van der Waals surface area contributed by atoms with E-state index in [9.17, 15) is 0 Å². The van der Waals surface area contributed by atoms with Crippen LogP contribution in [0.4, 0.5) is 17.1 Å². The zero-order valence-electron chi connectivity index (χ0n) is 11.4. The molecule has 3 rings (SSSR count). The molecule has 0 spiro atoms. The lowest BCUT2D eigenvalue weighted by Gasteiger charge is -2.10. The topological polar surface area (TPSA) is 60.2 Å². The molecule has 0 atom stereocenters. The van der Waals surface area contributed by atoms with Crippen molar-refractivity contribution in [2.75, 3.05) is 11.1 Å². The van der Waals surface area contributed by atoms with E-state index in [1.165, 1.54) is 0 Å². The highest BCUT2D eigenvalue weighted by molar-refractivity contribution is 5.71. The van der Waals surface area contributed by atoms with Gasteiger partial charge >= 0.3 is 0 Å². The number of pyridine rings is 1. The molecule has 21 heavy (non-hydrogen) atoms. The molecule has 104 valence electrons. The van der Waals surface area contributed by atoms with Crippen LogP contribution in [0.2, 0.25) is 0 Å². The Kier molecular flexibility index (Phi) is 3.69. The lowest BCUT2D eigenvalue weighted by Crippen LogP contribution is -1.96. The fraction of sp³-hybridized carbons (Fsp3) is 0. The molecule has 0 unspecified atom stereocenters. The summed E-state index contributed by atoms with van der Waals surface area (Å²) in [6.45, 7) is 0. The average Bonchev–Trinajstić information content (AvgIpc) is 2.52. The molecule has 3 N–H and O–H groups in total. The smallest absolute Gasteiger partial charge is 0.127 e. The average molecular weight is 277 g/mol. The summed E-state index contributed by atoms with van der Waals surface area (Å²) in [6, 6.07) is 19.2. The van der Waals surface area contributed by atoms with Crippen molar-refractivity contribution in [1.29, 1.82) is 0 Å². The van der Waals surface area contributed by atoms with E-state index in [-0.39, 0.29) is 0 Å². The van der Waals surface area contributed by atoms with Gasteiger partial charge in [0.15, 0.2) is 0 Å². The molecule has 3 aromatic rings. The lowest BCUT2D eigenvalue weighted by molar-refractivity contribution is 0.483. The number of para-hydroxylation sites is 1. The van der Waals surface area contributed by atoms with Crippen LogP contribution < -0.4 is 15.8 Å². The summed E-state index contributed by atoms with van der Waals surface area (Å²) in [7, 11) is 0. The number of nitrogen functional groups attached to an aromatic ring is 1. The van der Waals surface area contributed by atoms with Crippen LogP contribution in [0.3, 0.4) is 0 Å². The van der Waals surface area contributed by atoms with Gasteiger partial charge in [-0.1, -0.05) is 18.2 Å². The number of benzene rings is 2. The van der Waals surface area contributed by atoms with Gasteiger partial charge in [-0.25, -0.2) is 0 Å². The number of hydrogen-bond donors (Lipinski definition) is 2. The Balaban J connectivity index is 1.71. The third kappa shape index (κ3) is 3.30. The monoisotopic (exact) mass is 277 g/mol. The van der Waals surface area contributed by atoms with Gasteiger partial charge in [0, 0.05) is 11.9 Å². The Morgan fingerprint density at radius 1 is 0.857 bits per heavy atom. The fourth-order valence-corrected chi connectivity index (χ4v) is 1.91. The predicted octanol–water partition coefficient (Wildman–Crippen LogP) is 4.20. The van der Waals surface area contributed by atoms with Gasteiger partial charge < -0.3 is 15.8 Å². The number of aromatic nitrogens is 1. The SMILES string of the molecule is Nc1cnccc1Nc1ccc(Oc2ccccc2)cc1. The second kappa shape index (κ2) is 5.96. The van der Waals surface area contributed by atoms with Crippen LogP contribution in [0, 0.1) is 0 Å². The molecule has 0 aliphatic carbocycles. The first kappa shape index (κ1) is 13.0. The Hall–Kier alpha value is -3.01. The van der Waals surface area contributed by atoms with E-state index < -0.39 is 0 Å². The van der Waals surface area contributed by atoms with Crippen molar-refractivity contribution >= 4 is 17.1 Å². The van der Waals surface area contributed by atoms with Gasteiger partial charge in [0.25, 0.3) is 0 Å². The quantitative estimate of drug-likeness (QED) is 0.750. The Labute approximate surface area is 123 Å². The lowest BCUT2D eigenvalue weighted by atomic mass is 10.2. The number of nitrogens with zero attached hydrogens (tertiary/aromatic N) is 1. The van der Waals surface area contributed by atoms with E-state index in [0.29, 0.717) is 5.69 Å². The molecule has 1 heterocycles. The normalized spacial score (nSPS) is 10.1. The van der Waals surface area contributed by atoms with E-state index in [2.05, 4.69) is 10.3 Å². The van der Waals surface area contributed by atoms with E-state index in [4.69, 9.17) is 10.5 Å². The summed E-state index contributed by atoms with van der Waals surface area (Å²) in [5, 5.41) is 3.24. The summed E-state index contributed by atoms with van der Waals surface area (Å²) in [5.74, 6) is 1.60. The first-order valence-electron chi connectivity index (χ1n) is 6.61. The van der Waals surface area contributed by atoms with Crippen molar-refractivity contribution in [2.24, 2.45) is 0 Å². The summed E-state index contributed by atoms with van der Waals surface area (Å²) in [6.07, 6.45) is 3.32. The predicted molar refractivity (Wildman–Crippen MR) is 84.9 cm³/mol. The van der Waals surface area contributed by atoms with Gasteiger partial charge in [-0.3, -0.25) is 4.98 Å². The Bertz CT molecular complexity index is 712. The minimum atomic E-state index is 0.613. The number of ether oxygens (including phenoxy) is 1. The van der Waals surface area contributed by atoms with E-state index >= 15 is 0 Å². The van der Waals surface area contributed by atoms with Crippen LogP contribution >= 0.6 is 0 Å². The molecule has 0 fully saturated rings. The van der Waals surface area contributed by atoms with Crippen molar-refractivity contribution in [1.82, 2.24) is 4.98 Å². The van der Waals surface area contributed by atoms with Gasteiger partial charge in [0.05, 0.1) is 17.6 Å². The number of rotatable bonds is 4. The van der Waals surface area contributed by atoms with Gasteiger partial charge in [0.2, 0.25) is 0 Å². The Morgan fingerprint density at radius 2 is 1.57 bits per heavy atom. The van der Waals surface area contributed by atoms with Crippen molar-refractivity contribution in [3.63, 3.8) is 0 Å². The summed E-state index contributed by atoms with van der Waals surface area (Å²) < 4.78 is 5.74. The van der Waals surface area contributed by atoms with Crippen LogP contribution in [0.5, 0.6) is 11.5 Å². The van der Waals surface area contributed by atoms with Crippen molar-refractivity contribution in [3.8, 4) is 11.5 Å². The minimum Gasteiger partial charge on any atom is -0.457 e. The zero-order chi connectivity index (χ0) is 14.5. The highest BCUT2D eigenvalue weighted by Crippen LogP contribution is 2.25. The van der Waals surface area contributed by atoms with Crippen LogP contribution in [0.25, 0.3) is 0 Å². The second-order valence-electron chi connectivity index (χ2n) is 4.53. The van der Waals surface area contributed by atoms with Gasteiger partial charge in [-0.2, -0.15) is 0 Å². The highest BCUT2D eigenvalue weighted by Gasteiger charge is 2.00. The van der Waals surface area contributed by atoms with E-state index in [0.717, 1.165) is 22.9 Å². The maximum atomic E-state index is 5.85. The summed E-state index contributed by atoms with van der Waals surface area (Å²) >= 11 is 0. The third-order valence-corrected chi connectivity index (χ3v) is 2.96. The molecule has 0 saturated heterocycles. The molecule has 0 radical (unpaired) electrons. The van der Waals surface area contributed by atoms with Crippen molar-refractivity contribution in [3.05, 3.63) is 73.1 Å². The van der Waals surface area contributed by atoms with Crippen LogP contribution in [0.15, 0.2) is 73.1 Å². The molecule has 4 heteroatoms. The number of nitrogens with one attached hydrogen (secondary N) is 1. The second-order valence-corrected chi connectivity index (χ2v) is 4.53. The van der Waals surface area contributed by atoms with Gasteiger partial charge in [-0.05, 0) is 42.5 Å². The number of anilines is 3. The largest absolute Gasteiger partial charge is 0.457 e. The van der Waals surface area contributed by atoms with E-state index in [1.54, 1.807) is 12.4 Å². The molecular weight excluding hydrogens is 262 g/mol. The molecule has 4 nitrogen and oxygen atoms in total. The summed E-state index contributed by atoms with van der Waals surface area (Å²) in [5.41, 5.74) is 8.24. The first-order chi connectivity index (χ1) is 10.3. The molecule has 0 saturated carbocycles. The fourth-order valence-electron chi connectivity index (χ4n) is 1.91.